The molecule has 0 saturated carbocycles. The first kappa shape index (κ1) is 19.7. The van der Waals surface area contributed by atoms with Crippen molar-refractivity contribution in [2.75, 3.05) is 12.4 Å². The van der Waals surface area contributed by atoms with E-state index in [0.29, 0.717) is 5.16 Å². The summed E-state index contributed by atoms with van der Waals surface area (Å²) in [6.45, 7) is 3.45. The van der Waals surface area contributed by atoms with Crippen molar-refractivity contribution >= 4 is 23.5 Å². The average molecular weight is 400 g/mol. The van der Waals surface area contributed by atoms with E-state index in [1.165, 1.54) is 18.2 Å². The number of Topliss-reactive ketones (excluding diaryl/α,β-unsaturated/α-hetero) is 1. The van der Waals surface area contributed by atoms with Gasteiger partial charge in [-0.15, -0.1) is 5.10 Å². The van der Waals surface area contributed by atoms with Gasteiger partial charge >= 0.3 is 5.97 Å². The number of hydrogen-bond donors (Lipinski definition) is 0. The van der Waals surface area contributed by atoms with E-state index in [9.17, 15) is 14.0 Å². The fourth-order valence-corrected chi connectivity index (χ4v) is 3.11. The number of aromatic nitrogens is 4. The molecule has 0 aliphatic carbocycles. The van der Waals surface area contributed by atoms with Crippen LogP contribution in [0.4, 0.5) is 4.39 Å². The zero-order valence-electron chi connectivity index (χ0n) is 15.3. The molecule has 0 aliphatic heterocycles. The number of hydrogen-bond acceptors (Lipinski definition) is 7. The first-order valence-corrected chi connectivity index (χ1v) is 9.36. The molecule has 0 atom stereocenters. The van der Waals surface area contributed by atoms with E-state index in [4.69, 9.17) is 4.74 Å². The van der Waals surface area contributed by atoms with Gasteiger partial charge in [-0.3, -0.25) is 9.59 Å². The van der Waals surface area contributed by atoms with Crippen LogP contribution >= 0.6 is 11.8 Å². The molecule has 0 unspecified atom stereocenters. The van der Waals surface area contributed by atoms with Crippen LogP contribution < -0.4 is 0 Å². The summed E-state index contributed by atoms with van der Waals surface area (Å²) in [6.07, 6.45) is 0. The second-order valence-corrected chi connectivity index (χ2v) is 6.99. The Morgan fingerprint density at radius 1 is 1.18 bits per heavy atom. The van der Waals surface area contributed by atoms with E-state index in [1.807, 2.05) is 32.0 Å². The molecular formula is C19H17FN4O3S. The van der Waals surface area contributed by atoms with Gasteiger partial charge in [-0.1, -0.05) is 36.0 Å². The van der Waals surface area contributed by atoms with Gasteiger partial charge in [-0.2, -0.15) is 4.68 Å². The van der Waals surface area contributed by atoms with Crippen LogP contribution in [0, 0.1) is 19.7 Å². The van der Waals surface area contributed by atoms with E-state index >= 15 is 0 Å². The van der Waals surface area contributed by atoms with Crippen LogP contribution in [0.2, 0.25) is 0 Å². The molecule has 2 aromatic carbocycles. The molecule has 3 rings (SSSR count). The predicted octanol–water partition coefficient (Wildman–Crippen LogP) is 2.94. The number of esters is 1. The Morgan fingerprint density at radius 3 is 2.79 bits per heavy atom. The Bertz CT molecular complexity index is 1020. The van der Waals surface area contributed by atoms with Crippen molar-refractivity contribution < 1.29 is 18.7 Å². The number of aryl methyl sites for hydroxylation is 2. The van der Waals surface area contributed by atoms with Crippen LogP contribution in [0.1, 0.15) is 21.5 Å². The largest absolute Gasteiger partial charge is 0.457 e. The molecule has 3 aromatic rings. The van der Waals surface area contributed by atoms with Crippen molar-refractivity contribution in [2.24, 2.45) is 0 Å². The molecule has 0 fully saturated rings. The van der Waals surface area contributed by atoms with Crippen molar-refractivity contribution in [1.29, 1.82) is 0 Å². The number of ether oxygens (including phenoxy) is 1. The number of carbonyl (C=O) groups excluding carboxylic acids is 2. The van der Waals surface area contributed by atoms with Gasteiger partial charge < -0.3 is 4.74 Å². The maximum atomic E-state index is 13.2. The van der Waals surface area contributed by atoms with Crippen LogP contribution in [0.3, 0.4) is 0 Å². The molecule has 0 bridgehead atoms. The molecule has 1 aromatic heterocycles. The summed E-state index contributed by atoms with van der Waals surface area (Å²) in [6, 6.07) is 11.1. The number of nitrogens with zero attached hydrogens (tertiary/aromatic N) is 4. The molecule has 0 amide bonds. The normalized spacial score (nSPS) is 10.7. The molecule has 0 saturated heterocycles. The van der Waals surface area contributed by atoms with E-state index in [0.717, 1.165) is 34.6 Å². The van der Waals surface area contributed by atoms with Crippen LogP contribution in [-0.2, 0) is 9.53 Å². The third kappa shape index (κ3) is 4.80. The van der Waals surface area contributed by atoms with Gasteiger partial charge in [-0.25, -0.2) is 4.39 Å². The van der Waals surface area contributed by atoms with Crippen molar-refractivity contribution in [3.05, 3.63) is 65.0 Å². The Hall–Kier alpha value is -3.07. The predicted molar refractivity (Wildman–Crippen MR) is 101 cm³/mol. The fraction of sp³-hybridized carbons (Fsp3) is 0.211. The number of tetrazole rings is 1. The molecule has 0 spiro atoms. The number of ketones is 1. The summed E-state index contributed by atoms with van der Waals surface area (Å²) in [5.41, 5.74) is 3.02. The monoisotopic (exact) mass is 400 g/mol. The van der Waals surface area contributed by atoms with Crippen molar-refractivity contribution in [3.8, 4) is 5.69 Å². The molecule has 9 heteroatoms. The average Bonchev–Trinajstić information content (AvgIpc) is 3.14. The summed E-state index contributed by atoms with van der Waals surface area (Å²) in [4.78, 5) is 23.9. The molecule has 0 N–H and O–H groups in total. The lowest BCUT2D eigenvalue weighted by Gasteiger charge is -2.08. The number of carbonyl (C=O) groups is 2. The molecule has 0 aliphatic rings. The third-order valence-corrected chi connectivity index (χ3v) is 4.76. The van der Waals surface area contributed by atoms with Gasteiger partial charge in [0.1, 0.15) is 5.82 Å². The summed E-state index contributed by atoms with van der Waals surface area (Å²) in [7, 11) is 0. The van der Waals surface area contributed by atoms with Crippen LogP contribution in [0.25, 0.3) is 5.69 Å². The smallest absolute Gasteiger partial charge is 0.316 e. The van der Waals surface area contributed by atoms with Gasteiger partial charge in [0.2, 0.25) is 5.16 Å². The molecule has 1 heterocycles. The Morgan fingerprint density at radius 2 is 2.00 bits per heavy atom. The van der Waals surface area contributed by atoms with Gasteiger partial charge in [-0.05, 0) is 53.6 Å². The van der Waals surface area contributed by atoms with Crippen molar-refractivity contribution in [3.63, 3.8) is 0 Å². The van der Waals surface area contributed by atoms with Gasteiger partial charge in [0.15, 0.2) is 12.4 Å². The fourth-order valence-electron chi connectivity index (χ4n) is 2.42. The van der Waals surface area contributed by atoms with Gasteiger partial charge in [0.05, 0.1) is 11.4 Å². The van der Waals surface area contributed by atoms with E-state index in [1.54, 1.807) is 4.68 Å². The minimum absolute atomic E-state index is 0.0678. The number of thioether (sulfide) groups is 1. The van der Waals surface area contributed by atoms with E-state index in [2.05, 4.69) is 15.5 Å². The molecule has 144 valence electrons. The Labute approximate surface area is 164 Å². The first-order valence-electron chi connectivity index (χ1n) is 8.37. The second kappa shape index (κ2) is 8.75. The summed E-state index contributed by atoms with van der Waals surface area (Å²) < 4.78 is 19.7. The Kier molecular flexibility index (Phi) is 6.15. The van der Waals surface area contributed by atoms with E-state index in [-0.39, 0.29) is 11.3 Å². The maximum absolute atomic E-state index is 13.2. The van der Waals surface area contributed by atoms with Crippen LogP contribution in [0.5, 0.6) is 0 Å². The highest BCUT2D eigenvalue weighted by molar-refractivity contribution is 7.99. The minimum Gasteiger partial charge on any atom is -0.457 e. The third-order valence-electron chi connectivity index (χ3n) is 3.86. The van der Waals surface area contributed by atoms with Gasteiger partial charge in [0, 0.05) is 5.56 Å². The summed E-state index contributed by atoms with van der Waals surface area (Å²) in [5, 5.41) is 12.0. The van der Waals surface area contributed by atoms with Crippen molar-refractivity contribution in [1.82, 2.24) is 20.2 Å². The SMILES string of the molecule is Cc1ccc(C)c(-n2nnnc2SCC(=O)OCC(=O)c2cccc(F)c2)c1. The minimum atomic E-state index is -0.592. The number of rotatable bonds is 7. The second-order valence-electron chi connectivity index (χ2n) is 6.05. The first-order chi connectivity index (χ1) is 13.4. The van der Waals surface area contributed by atoms with Crippen LogP contribution in [-0.4, -0.2) is 44.3 Å². The Balaban J connectivity index is 1.58. The lowest BCUT2D eigenvalue weighted by atomic mass is 10.1. The van der Waals surface area contributed by atoms with Crippen LogP contribution in [0.15, 0.2) is 47.6 Å². The molecule has 0 radical (unpaired) electrons. The zero-order chi connectivity index (χ0) is 20.1. The highest BCUT2D eigenvalue weighted by Gasteiger charge is 2.15. The standard InChI is InChI=1S/C19H17FN4O3S/c1-12-6-7-13(2)16(8-12)24-19(21-22-23-24)28-11-18(26)27-10-17(25)14-4-3-5-15(20)9-14/h3-9H,10-11H2,1-2H3. The van der Waals surface area contributed by atoms with Crippen molar-refractivity contribution in [2.45, 2.75) is 19.0 Å². The highest BCUT2D eigenvalue weighted by atomic mass is 32.2. The molecule has 7 nitrogen and oxygen atoms in total. The lowest BCUT2D eigenvalue weighted by Crippen LogP contribution is -2.16. The summed E-state index contributed by atoms with van der Waals surface area (Å²) in [5.74, 6) is -1.66. The maximum Gasteiger partial charge on any atom is 0.316 e. The quantitative estimate of drug-likeness (QED) is 0.342. The number of halogens is 1. The van der Waals surface area contributed by atoms with Gasteiger partial charge in [0.25, 0.3) is 0 Å². The van der Waals surface area contributed by atoms with E-state index < -0.39 is 24.2 Å². The lowest BCUT2D eigenvalue weighted by molar-refractivity contribution is -0.139. The summed E-state index contributed by atoms with van der Waals surface area (Å²) >= 11 is 1.10. The number of benzene rings is 2. The highest BCUT2D eigenvalue weighted by Crippen LogP contribution is 2.21. The molecule has 28 heavy (non-hydrogen) atoms. The topological polar surface area (TPSA) is 87.0 Å². The molecular weight excluding hydrogens is 383 g/mol. The zero-order valence-corrected chi connectivity index (χ0v) is 16.1.